The molecule has 0 spiro atoms. The second-order valence-corrected chi connectivity index (χ2v) is 11.6. The second-order valence-electron chi connectivity index (χ2n) is 8.34. The van der Waals surface area contributed by atoms with Gasteiger partial charge in [-0.2, -0.15) is 0 Å². The Kier molecular flexibility index (Phi) is 7.70. The summed E-state index contributed by atoms with van der Waals surface area (Å²) in [6.45, 7) is -1.33. The predicted molar refractivity (Wildman–Crippen MR) is 134 cm³/mol. The Morgan fingerprint density at radius 2 is 1.39 bits per heavy atom. The molecular weight excluding hydrogens is 455 g/mol. The van der Waals surface area contributed by atoms with Crippen LogP contribution in [-0.4, -0.2) is 56.1 Å². The molecule has 1 aliphatic heterocycles. The van der Waals surface area contributed by atoms with Crippen molar-refractivity contribution in [2.45, 2.75) is 11.6 Å². The van der Waals surface area contributed by atoms with E-state index in [0.717, 1.165) is 6.54 Å². The van der Waals surface area contributed by atoms with Crippen molar-refractivity contribution in [3.8, 4) is 0 Å². The quantitative estimate of drug-likeness (QED) is 0.307. The highest BCUT2D eigenvalue weighted by Gasteiger charge is 2.44. The topological polar surface area (TPSA) is 42.0 Å². The van der Waals surface area contributed by atoms with Gasteiger partial charge in [-0.15, -0.1) is 0 Å². The maximum atomic E-state index is 12.5. The summed E-state index contributed by atoms with van der Waals surface area (Å²) in [5.74, 6) is 0. The van der Waals surface area contributed by atoms with E-state index in [1.807, 2.05) is 18.2 Å². The zero-order valence-corrected chi connectivity index (χ0v) is 20.7. The Balaban J connectivity index is 1.77. The van der Waals surface area contributed by atoms with Gasteiger partial charge in [-0.25, -0.2) is 4.67 Å². The van der Waals surface area contributed by atoms with Gasteiger partial charge in [0.05, 0.1) is 24.9 Å². The fraction of sp³-hybridized carbons (Fsp3) is 0.308. The van der Waals surface area contributed by atoms with E-state index in [1.165, 1.54) is 21.4 Å². The first-order valence-corrected chi connectivity index (χ1v) is 13.6. The largest absolute Gasteiger partial charge is 0.373 e. The molecule has 1 fully saturated rings. The summed E-state index contributed by atoms with van der Waals surface area (Å²) in [7, 11) is 3.29. The zero-order chi connectivity index (χ0) is 23.3. The summed E-state index contributed by atoms with van der Waals surface area (Å²) in [4.78, 5) is 2.44. The summed E-state index contributed by atoms with van der Waals surface area (Å²) in [5.41, 5.74) is 3.03. The van der Waals surface area contributed by atoms with E-state index >= 15 is 0 Å². The number of nitrogens with zero attached hydrogens (tertiary/aromatic N) is 2. The van der Waals surface area contributed by atoms with Gasteiger partial charge in [0.25, 0.3) is 0 Å². The summed E-state index contributed by atoms with van der Waals surface area (Å²) in [6.07, 6.45) is -0.263. The van der Waals surface area contributed by atoms with Gasteiger partial charge in [-0.3, -0.25) is 9.46 Å². The van der Waals surface area contributed by atoms with E-state index in [0.29, 0.717) is 13.2 Å². The molecule has 7 heteroatoms. The summed E-state index contributed by atoms with van der Waals surface area (Å²) in [5, 5.41) is 0. The zero-order valence-electron chi connectivity index (χ0n) is 19.0. The van der Waals surface area contributed by atoms with Crippen LogP contribution < -0.4 is 0 Å². The van der Waals surface area contributed by atoms with Crippen LogP contribution in [0.5, 0.6) is 0 Å². The van der Waals surface area contributed by atoms with Crippen LogP contribution in [0.4, 0.5) is 0 Å². The lowest BCUT2D eigenvalue weighted by molar-refractivity contribution is -0.0695. The molecule has 1 aliphatic rings. The highest BCUT2D eigenvalue weighted by atomic mass is 35.7. The molecule has 0 amide bonds. The molecule has 0 aromatic heterocycles. The molecule has 3 aromatic carbocycles. The fourth-order valence-electron chi connectivity index (χ4n) is 4.50. The third-order valence-electron chi connectivity index (χ3n) is 6.09. The number of hydrogen-bond donors (Lipinski definition) is 0. The van der Waals surface area contributed by atoms with Crippen molar-refractivity contribution in [1.82, 2.24) is 9.57 Å². The predicted octanol–water partition coefficient (Wildman–Crippen LogP) is 5.60. The molecule has 0 bridgehead atoms. The van der Waals surface area contributed by atoms with E-state index < -0.39 is 12.4 Å². The SMILES string of the molecule is CN(C)P(=O)(Cl)OCC1CN(C(c2ccccc2)(c2ccccc2)c2ccccc2)CCO1. The molecule has 0 saturated carbocycles. The molecular formula is C26H30ClN2O3P. The van der Waals surface area contributed by atoms with E-state index in [2.05, 4.69) is 77.7 Å². The molecule has 174 valence electrons. The van der Waals surface area contributed by atoms with Gasteiger partial charge < -0.3 is 9.26 Å². The minimum atomic E-state index is -3.36. The molecule has 0 N–H and O–H groups in total. The Morgan fingerprint density at radius 3 is 1.82 bits per heavy atom. The first kappa shape index (κ1) is 24.2. The van der Waals surface area contributed by atoms with E-state index in [4.69, 9.17) is 20.5 Å². The summed E-state index contributed by atoms with van der Waals surface area (Å²) >= 11 is 6.09. The minimum Gasteiger partial charge on any atom is -0.373 e. The number of morpholine rings is 1. The third-order valence-corrected chi connectivity index (χ3v) is 8.71. The number of benzene rings is 3. The second kappa shape index (κ2) is 10.5. The van der Waals surface area contributed by atoms with Gasteiger partial charge in [0, 0.05) is 13.1 Å². The normalized spacial score (nSPS) is 19.3. The van der Waals surface area contributed by atoms with Gasteiger partial charge >= 0.3 is 6.87 Å². The summed E-state index contributed by atoms with van der Waals surface area (Å²) < 4.78 is 25.5. The van der Waals surface area contributed by atoms with Gasteiger partial charge in [0.2, 0.25) is 0 Å². The molecule has 2 atom stereocenters. The molecule has 5 nitrogen and oxygen atoms in total. The highest BCUT2D eigenvalue weighted by molar-refractivity contribution is 7.83. The molecule has 0 aliphatic carbocycles. The van der Waals surface area contributed by atoms with Crippen molar-refractivity contribution in [1.29, 1.82) is 0 Å². The average molecular weight is 485 g/mol. The van der Waals surface area contributed by atoms with E-state index in [-0.39, 0.29) is 12.7 Å². The lowest BCUT2D eigenvalue weighted by Crippen LogP contribution is -2.56. The summed E-state index contributed by atoms with van der Waals surface area (Å²) in [6, 6.07) is 31.7. The fourth-order valence-corrected chi connectivity index (χ4v) is 5.25. The van der Waals surface area contributed by atoms with Gasteiger partial charge in [-0.1, -0.05) is 91.0 Å². The maximum absolute atomic E-state index is 12.5. The molecule has 2 unspecified atom stereocenters. The molecule has 1 saturated heterocycles. The smallest absolute Gasteiger partial charge is 0.362 e. The van der Waals surface area contributed by atoms with Crippen LogP contribution in [0.1, 0.15) is 16.7 Å². The molecule has 0 radical (unpaired) electrons. The number of hydrogen-bond acceptors (Lipinski definition) is 4. The van der Waals surface area contributed by atoms with Crippen LogP contribution in [0, 0.1) is 0 Å². The molecule has 3 aromatic rings. The average Bonchev–Trinajstić information content (AvgIpc) is 2.86. The lowest BCUT2D eigenvalue weighted by atomic mass is 9.75. The molecule has 4 rings (SSSR count). The van der Waals surface area contributed by atoms with Crippen molar-refractivity contribution in [3.05, 3.63) is 108 Å². The number of rotatable bonds is 8. The van der Waals surface area contributed by atoms with Gasteiger partial charge in [-0.05, 0) is 42.0 Å². The van der Waals surface area contributed by atoms with E-state index in [1.54, 1.807) is 14.1 Å². The van der Waals surface area contributed by atoms with Crippen molar-refractivity contribution < 1.29 is 13.8 Å². The molecule has 1 heterocycles. The monoisotopic (exact) mass is 484 g/mol. The Hall–Kier alpha value is -1.98. The van der Waals surface area contributed by atoms with Crippen LogP contribution in [0.2, 0.25) is 0 Å². The lowest BCUT2D eigenvalue weighted by Gasteiger charge is -2.48. The van der Waals surface area contributed by atoms with Crippen molar-refractivity contribution in [2.75, 3.05) is 40.4 Å². The van der Waals surface area contributed by atoms with Crippen molar-refractivity contribution >= 4 is 18.1 Å². The Labute approximate surface area is 201 Å². The standard InChI is InChI=1S/C26H30ClN2O3P/c1-28(2)33(27,30)32-21-25-20-29(18-19-31-25)26(22-12-6-3-7-13-22,23-14-8-4-9-15-23)24-16-10-5-11-17-24/h3-17,25H,18-21H2,1-2H3. The first-order chi connectivity index (χ1) is 15.9. The Morgan fingerprint density at radius 1 is 0.939 bits per heavy atom. The number of ether oxygens (including phenoxy) is 1. The van der Waals surface area contributed by atoms with Crippen LogP contribution in [-0.2, 0) is 19.4 Å². The van der Waals surface area contributed by atoms with Crippen LogP contribution in [0.15, 0.2) is 91.0 Å². The Bertz CT molecular complexity index is 970. The van der Waals surface area contributed by atoms with Gasteiger partial charge in [0.15, 0.2) is 0 Å². The number of halogens is 1. The van der Waals surface area contributed by atoms with Crippen LogP contribution >= 0.6 is 18.1 Å². The van der Waals surface area contributed by atoms with Crippen molar-refractivity contribution in [2.24, 2.45) is 0 Å². The molecule has 33 heavy (non-hydrogen) atoms. The highest BCUT2D eigenvalue weighted by Crippen LogP contribution is 2.54. The van der Waals surface area contributed by atoms with Crippen LogP contribution in [0.3, 0.4) is 0 Å². The van der Waals surface area contributed by atoms with Gasteiger partial charge in [0.1, 0.15) is 0 Å². The van der Waals surface area contributed by atoms with Crippen LogP contribution in [0.25, 0.3) is 0 Å². The van der Waals surface area contributed by atoms with Crippen molar-refractivity contribution in [3.63, 3.8) is 0 Å². The maximum Gasteiger partial charge on any atom is 0.362 e. The van der Waals surface area contributed by atoms with E-state index in [9.17, 15) is 4.57 Å². The third kappa shape index (κ3) is 5.09. The minimum absolute atomic E-state index is 0.157. The first-order valence-electron chi connectivity index (χ1n) is 11.1.